The highest BCUT2D eigenvalue weighted by molar-refractivity contribution is 8.00. The minimum atomic E-state index is 0.166. The van der Waals surface area contributed by atoms with Gasteiger partial charge in [-0.2, -0.15) is 9.78 Å². The number of rotatable bonds is 3. The van der Waals surface area contributed by atoms with Crippen molar-refractivity contribution in [1.29, 1.82) is 0 Å². The van der Waals surface area contributed by atoms with E-state index in [1.54, 1.807) is 23.5 Å². The number of halogens is 1. The molecule has 2 heterocycles. The zero-order chi connectivity index (χ0) is 17.4. The summed E-state index contributed by atoms with van der Waals surface area (Å²) in [6.07, 6.45) is 0. The molecule has 1 atom stereocenters. The van der Waals surface area contributed by atoms with Crippen molar-refractivity contribution in [2.24, 2.45) is 5.10 Å². The standard InChI is InChI=1S/C18H15ClN4OS/c1-11-16(13-4-3-5-14(19)10-13)22-23-17(20-21-18(23)25-11)12-6-8-15(24-2)9-7-12/h3-11H,1-2H3/t11-/m0/s1. The summed E-state index contributed by atoms with van der Waals surface area (Å²) in [4.78, 5) is 0. The molecular formula is C18H15ClN4OS. The van der Waals surface area contributed by atoms with Gasteiger partial charge in [0.25, 0.3) is 0 Å². The van der Waals surface area contributed by atoms with Crippen molar-refractivity contribution >= 4 is 29.1 Å². The van der Waals surface area contributed by atoms with Gasteiger partial charge in [-0.15, -0.1) is 10.2 Å². The van der Waals surface area contributed by atoms with Crippen molar-refractivity contribution in [2.75, 3.05) is 7.11 Å². The van der Waals surface area contributed by atoms with Crippen LogP contribution in [0.15, 0.2) is 58.8 Å². The Labute approximate surface area is 154 Å². The molecule has 0 fully saturated rings. The van der Waals surface area contributed by atoms with Crippen molar-refractivity contribution < 1.29 is 4.74 Å². The van der Waals surface area contributed by atoms with Crippen molar-refractivity contribution in [1.82, 2.24) is 14.9 Å². The summed E-state index contributed by atoms with van der Waals surface area (Å²) in [5, 5.41) is 15.1. The van der Waals surface area contributed by atoms with Crippen molar-refractivity contribution in [3.63, 3.8) is 0 Å². The summed E-state index contributed by atoms with van der Waals surface area (Å²) >= 11 is 7.78. The number of ether oxygens (including phenoxy) is 1. The summed E-state index contributed by atoms with van der Waals surface area (Å²) in [6, 6.07) is 15.4. The number of benzene rings is 2. The van der Waals surface area contributed by atoms with Gasteiger partial charge in [0.2, 0.25) is 5.16 Å². The quantitative estimate of drug-likeness (QED) is 0.687. The molecule has 0 N–H and O–H groups in total. The molecule has 5 nitrogen and oxygen atoms in total. The number of hydrogen-bond acceptors (Lipinski definition) is 5. The van der Waals surface area contributed by atoms with Crippen LogP contribution in [0.5, 0.6) is 5.75 Å². The van der Waals surface area contributed by atoms with E-state index in [2.05, 4.69) is 17.1 Å². The first-order chi connectivity index (χ1) is 12.2. The number of fused-ring (bicyclic) bond motifs is 1. The van der Waals surface area contributed by atoms with E-state index in [9.17, 15) is 0 Å². The fraction of sp³-hybridized carbons (Fsp3) is 0.167. The van der Waals surface area contributed by atoms with Gasteiger partial charge < -0.3 is 4.74 Å². The summed E-state index contributed by atoms with van der Waals surface area (Å²) < 4.78 is 7.01. The molecule has 0 aliphatic carbocycles. The Bertz CT molecular complexity index is 952. The lowest BCUT2D eigenvalue weighted by Crippen LogP contribution is -2.21. The molecule has 2 aromatic carbocycles. The molecule has 1 aliphatic rings. The fourth-order valence-corrected chi connectivity index (χ4v) is 3.81. The van der Waals surface area contributed by atoms with E-state index in [0.717, 1.165) is 27.7 Å². The molecule has 0 spiro atoms. The highest BCUT2D eigenvalue weighted by Crippen LogP contribution is 2.33. The first-order valence-corrected chi connectivity index (χ1v) is 9.03. The zero-order valence-corrected chi connectivity index (χ0v) is 15.3. The van der Waals surface area contributed by atoms with Crippen LogP contribution in [0.4, 0.5) is 0 Å². The van der Waals surface area contributed by atoms with Crippen LogP contribution in [0.3, 0.4) is 0 Å². The first-order valence-electron chi connectivity index (χ1n) is 7.77. The van der Waals surface area contributed by atoms with Crippen LogP contribution < -0.4 is 4.74 Å². The molecule has 126 valence electrons. The first kappa shape index (κ1) is 16.2. The summed E-state index contributed by atoms with van der Waals surface area (Å²) in [5.74, 6) is 1.50. The molecule has 3 aromatic rings. The van der Waals surface area contributed by atoms with Crippen LogP contribution in [0.1, 0.15) is 12.5 Å². The molecule has 0 amide bonds. The van der Waals surface area contributed by atoms with Gasteiger partial charge in [-0.25, -0.2) is 0 Å². The molecular weight excluding hydrogens is 356 g/mol. The molecule has 0 unspecified atom stereocenters. The molecule has 4 rings (SSSR count). The van der Waals surface area contributed by atoms with Gasteiger partial charge in [0.1, 0.15) is 5.75 Å². The van der Waals surface area contributed by atoms with Gasteiger partial charge in [0.15, 0.2) is 5.82 Å². The van der Waals surface area contributed by atoms with Gasteiger partial charge >= 0.3 is 0 Å². The molecule has 0 radical (unpaired) electrons. The number of nitrogens with zero attached hydrogens (tertiary/aromatic N) is 4. The maximum atomic E-state index is 6.14. The van der Waals surface area contributed by atoms with E-state index in [1.165, 1.54) is 0 Å². The smallest absolute Gasteiger partial charge is 0.213 e. The largest absolute Gasteiger partial charge is 0.497 e. The topological polar surface area (TPSA) is 52.3 Å². The summed E-state index contributed by atoms with van der Waals surface area (Å²) in [6.45, 7) is 2.11. The number of methoxy groups -OCH3 is 1. The number of hydrogen-bond donors (Lipinski definition) is 0. The second-order valence-electron chi connectivity index (χ2n) is 5.60. The minimum Gasteiger partial charge on any atom is -0.497 e. The van der Waals surface area contributed by atoms with Crippen LogP contribution in [0.2, 0.25) is 5.02 Å². The van der Waals surface area contributed by atoms with Gasteiger partial charge in [0.05, 0.1) is 18.1 Å². The zero-order valence-electron chi connectivity index (χ0n) is 13.7. The van der Waals surface area contributed by atoms with Crippen LogP contribution in [-0.4, -0.2) is 32.9 Å². The third kappa shape index (κ3) is 3.03. The Balaban J connectivity index is 1.79. The lowest BCUT2D eigenvalue weighted by molar-refractivity contribution is 0.415. The Morgan fingerprint density at radius 3 is 2.60 bits per heavy atom. The summed E-state index contributed by atoms with van der Waals surface area (Å²) in [7, 11) is 1.65. The Morgan fingerprint density at radius 2 is 1.88 bits per heavy atom. The maximum Gasteiger partial charge on any atom is 0.213 e. The molecule has 0 saturated heterocycles. The molecule has 1 aliphatic heterocycles. The minimum absolute atomic E-state index is 0.166. The average molecular weight is 371 g/mol. The molecule has 0 saturated carbocycles. The van der Waals surface area contributed by atoms with Gasteiger partial charge in [-0.05, 0) is 43.3 Å². The Kier molecular flexibility index (Phi) is 4.23. The van der Waals surface area contributed by atoms with Gasteiger partial charge in [0, 0.05) is 16.1 Å². The average Bonchev–Trinajstić information content (AvgIpc) is 3.03. The maximum absolute atomic E-state index is 6.14. The van der Waals surface area contributed by atoms with E-state index in [0.29, 0.717) is 10.8 Å². The molecule has 0 bridgehead atoms. The lowest BCUT2D eigenvalue weighted by Gasteiger charge is -2.20. The van der Waals surface area contributed by atoms with E-state index >= 15 is 0 Å². The SMILES string of the molecule is COc1ccc(-c2nnc3n2N=C(c2cccc(Cl)c2)[C@H](C)S3)cc1. The second kappa shape index (κ2) is 6.54. The van der Waals surface area contributed by atoms with Crippen LogP contribution >= 0.6 is 23.4 Å². The number of aromatic nitrogens is 3. The molecule has 7 heteroatoms. The second-order valence-corrected chi connectivity index (χ2v) is 7.35. The lowest BCUT2D eigenvalue weighted by atomic mass is 10.1. The van der Waals surface area contributed by atoms with E-state index in [1.807, 2.05) is 48.5 Å². The van der Waals surface area contributed by atoms with E-state index < -0.39 is 0 Å². The number of thioether (sulfide) groups is 1. The van der Waals surface area contributed by atoms with E-state index in [4.69, 9.17) is 21.4 Å². The van der Waals surface area contributed by atoms with Crippen LogP contribution in [-0.2, 0) is 0 Å². The van der Waals surface area contributed by atoms with E-state index in [-0.39, 0.29) is 5.25 Å². The molecule has 1 aromatic heterocycles. The molecule has 25 heavy (non-hydrogen) atoms. The predicted molar refractivity (Wildman–Crippen MR) is 101 cm³/mol. The highest BCUT2D eigenvalue weighted by atomic mass is 35.5. The van der Waals surface area contributed by atoms with Crippen LogP contribution in [0, 0.1) is 0 Å². The van der Waals surface area contributed by atoms with Crippen LogP contribution in [0.25, 0.3) is 11.4 Å². The third-order valence-corrected chi connectivity index (χ3v) is 5.23. The van der Waals surface area contributed by atoms with Crippen molar-refractivity contribution in [3.05, 3.63) is 59.1 Å². The van der Waals surface area contributed by atoms with Crippen molar-refractivity contribution in [3.8, 4) is 17.1 Å². The summed E-state index contributed by atoms with van der Waals surface area (Å²) in [5.41, 5.74) is 2.89. The third-order valence-electron chi connectivity index (χ3n) is 3.96. The monoisotopic (exact) mass is 370 g/mol. The van der Waals surface area contributed by atoms with Gasteiger partial charge in [-0.1, -0.05) is 35.5 Å². The van der Waals surface area contributed by atoms with Crippen molar-refractivity contribution in [2.45, 2.75) is 17.3 Å². The fourth-order valence-electron chi connectivity index (χ4n) is 2.69. The predicted octanol–water partition coefficient (Wildman–Crippen LogP) is 4.35. The Morgan fingerprint density at radius 1 is 1.08 bits per heavy atom. The Hall–Kier alpha value is -2.31. The van der Waals surface area contributed by atoms with Gasteiger partial charge in [-0.3, -0.25) is 0 Å². The highest BCUT2D eigenvalue weighted by Gasteiger charge is 2.26. The normalized spacial score (nSPS) is 16.3.